The summed E-state index contributed by atoms with van der Waals surface area (Å²) in [4.78, 5) is 8.87. The molecule has 2 aromatic rings. The van der Waals surface area contributed by atoms with Crippen molar-refractivity contribution in [2.24, 2.45) is 0 Å². The highest BCUT2D eigenvalue weighted by Crippen LogP contribution is 2.12. The molecule has 21 heavy (non-hydrogen) atoms. The van der Waals surface area contributed by atoms with Crippen LogP contribution in [0.1, 0.15) is 25.2 Å². The lowest BCUT2D eigenvalue weighted by atomic mass is 10.1. The fourth-order valence-electron chi connectivity index (χ4n) is 2.00. The maximum atomic E-state index is 12.8. The summed E-state index contributed by atoms with van der Waals surface area (Å²) in [6.07, 6.45) is 1.62. The Bertz CT molecular complexity index is 569. The second-order valence-corrected chi connectivity index (χ2v) is 4.74. The SMILES string of the molecule is CCNc1cc(NCCc2ccc(F)cc2)nc(CC)n1. The normalized spacial score (nSPS) is 10.4. The van der Waals surface area contributed by atoms with Gasteiger partial charge in [-0.3, -0.25) is 0 Å². The van der Waals surface area contributed by atoms with Crippen molar-refractivity contribution in [2.75, 3.05) is 23.7 Å². The zero-order valence-electron chi connectivity index (χ0n) is 12.5. The summed E-state index contributed by atoms with van der Waals surface area (Å²) in [6.45, 7) is 5.65. The highest BCUT2D eigenvalue weighted by atomic mass is 19.1. The number of hydrogen-bond acceptors (Lipinski definition) is 4. The van der Waals surface area contributed by atoms with Gasteiger partial charge in [-0.2, -0.15) is 0 Å². The van der Waals surface area contributed by atoms with Gasteiger partial charge in [-0.15, -0.1) is 0 Å². The Hall–Kier alpha value is -2.17. The molecule has 5 heteroatoms. The van der Waals surface area contributed by atoms with Gasteiger partial charge in [0.15, 0.2) is 0 Å². The smallest absolute Gasteiger partial charge is 0.132 e. The quantitative estimate of drug-likeness (QED) is 0.821. The Kier molecular flexibility index (Phi) is 5.49. The van der Waals surface area contributed by atoms with Crippen LogP contribution in [0.25, 0.3) is 0 Å². The van der Waals surface area contributed by atoms with Gasteiger partial charge in [0, 0.05) is 25.6 Å². The number of hydrogen-bond donors (Lipinski definition) is 2. The zero-order chi connectivity index (χ0) is 15.1. The third kappa shape index (κ3) is 4.70. The summed E-state index contributed by atoms with van der Waals surface area (Å²) in [5, 5.41) is 6.50. The van der Waals surface area contributed by atoms with Crippen molar-refractivity contribution < 1.29 is 4.39 Å². The maximum absolute atomic E-state index is 12.8. The van der Waals surface area contributed by atoms with Crippen molar-refractivity contribution in [3.63, 3.8) is 0 Å². The second-order valence-electron chi connectivity index (χ2n) is 4.74. The minimum atomic E-state index is -0.203. The summed E-state index contributed by atoms with van der Waals surface area (Å²) < 4.78 is 12.8. The number of anilines is 2. The third-order valence-corrected chi connectivity index (χ3v) is 3.08. The molecule has 1 aromatic heterocycles. The van der Waals surface area contributed by atoms with E-state index in [0.29, 0.717) is 0 Å². The van der Waals surface area contributed by atoms with Crippen molar-refractivity contribution in [1.82, 2.24) is 9.97 Å². The van der Waals surface area contributed by atoms with Gasteiger partial charge >= 0.3 is 0 Å². The molecular formula is C16H21FN4. The van der Waals surface area contributed by atoms with Crippen molar-refractivity contribution in [1.29, 1.82) is 0 Å². The van der Waals surface area contributed by atoms with Gasteiger partial charge in [0.25, 0.3) is 0 Å². The van der Waals surface area contributed by atoms with Crippen LogP contribution in [0.5, 0.6) is 0 Å². The van der Waals surface area contributed by atoms with E-state index in [1.54, 1.807) is 12.1 Å². The number of rotatable bonds is 7. The topological polar surface area (TPSA) is 49.8 Å². The Morgan fingerprint density at radius 2 is 1.67 bits per heavy atom. The number of aromatic nitrogens is 2. The molecule has 1 heterocycles. The summed E-state index contributed by atoms with van der Waals surface area (Å²) in [5.41, 5.74) is 1.10. The minimum Gasteiger partial charge on any atom is -0.370 e. The average molecular weight is 288 g/mol. The number of nitrogens with zero attached hydrogens (tertiary/aromatic N) is 2. The van der Waals surface area contributed by atoms with E-state index in [0.717, 1.165) is 49.0 Å². The monoisotopic (exact) mass is 288 g/mol. The predicted molar refractivity (Wildman–Crippen MR) is 84.2 cm³/mol. The molecular weight excluding hydrogens is 267 g/mol. The largest absolute Gasteiger partial charge is 0.370 e. The Morgan fingerprint density at radius 1 is 1.00 bits per heavy atom. The predicted octanol–water partition coefficient (Wildman–Crippen LogP) is 3.26. The van der Waals surface area contributed by atoms with Crippen molar-refractivity contribution in [2.45, 2.75) is 26.7 Å². The van der Waals surface area contributed by atoms with Gasteiger partial charge in [0.1, 0.15) is 23.3 Å². The molecule has 0 unspecified atom stereocenters. The second kappa shape index (κ2) is 7.57. The van der Waals surface area contributed by atoms with E-state index in [1.807, 2.05) is 19.9 Å². The lowest BCUT2D eigenvalue weighted by molar-refractivity contribution is 0.627. The molecule has 0 atom stereocenters. The van der Waals surface area contributed by atoms with E-state index < -0.39 is 0 Å². The molecule has 0 saturated carbocycles. The van der Waals surface area contributed by atoms with Crippen LogP contribution in [0.2, 0.25) is 0 Å². The van der Waals surface area contributed by atoms with Gasteiger partial charge < -0.3 is 10.6 Å². The van der Waals surface area contributed by atoms with E-state index in [1.165, 1.54) is 12.1 Å². The zero-order valence-corrected chi connectivity index (χ0v) is 12.5. The number of aryl methyl sites for hydroxylation is 1. The van der Waals surface area contributed by atoms with Crippen LogP contribution in [-0.2, 0) is 12.8 Å². The van der Waals surface area contributed by atoms with Gasteiger partial charge in [0.05, 0.1) is 0 Å². The molecule has 0 radical (unpaired) electrons. The van der Waals surface area contributed by atoms with E-state index in [2.05, 4.69) is 20.6 Å². The molecule has 4 nitrogen and oxygen atoms in total. The molecule has 0 bridgehead atoms. The Labute approximate surface area is 124 Å². The molecule has 0 aliphatic carbocycles. The molecule has 0 spiro atoms. The first kappa shape index (κ1) is 15.2. The van der Waals surface area contributed by atoms with E-state index in [9.17, 15) is 4.39 Å². The lowest BCUT2D eigenvalue weighted by Crippen LogP contribution is -2.10. The number of halogens is 1. The van der Waals surface area contributed by atoms with Crippen molar-refractivity contribution in [3.05, 3.63) is 47.5 Å². The highest BCUT2D eigenvalue weighted by molar-refractivity contribution is 5.47. The molecule has 1 aromatic carbocycles. The van der Waals surface area contributed by atoms with Crippen molar-refractivity contribution >= 4 is 11.6 Å². The van der Waals surface area contributed by atoms with Crippen LogP contribution in [-0.4, -0.2) is 23.1 Å². The van der Waals surface area contributed by atoms with Gasteiger partial charge in [-0.25, -0.2) is 14.4 Å². The van der Waals surface area contributed by atoms with Gasteiger partial charge in [0.2, 0.25) is 0 Å². The van der Waals surface area contributed by atoms with Crippen molar-refractivity contribution in [3.8, 4) is 0 Å². The molecule has 0 fully saturated rings. The molecule has 0 aliphatic rings. The first-order valence-electron chi connectivity index (χ1n) is 7.31. The van der Waals surface area contributed by atoms with Gasteiger partial charge in [-0.1, -0.05) is 19.1 Å². The van der Waals surface area contributed by atoms with Crippen LogP contribution in [0.3, 0.4) is 0 Å². The van der Waals surface area contributed by atoms with E-state index >= 15 is 0 Å². The Morgan fingerprint density at radius 3 is 2.29 bits per heavy atom. The first-order valence-corrected chi connectivity index (χ1v) is 7.31. The first-order chi connectivity index (χ1) is 10.2. The molecule has 0 saturated heterocycles. The fraction of sp³-hybridized carbons (Fsp3) is 0.375. The van der Waals surface area contributed by atoms with Crippen LogP contribution in [0, 0.1) is 5.82 Å². The number of nitrogens with one attached hydrogen (secondary N) is 2. The average Bonchev–Trinajstić information content (AvgIpc) is 2.49. The molecule has 2 N–H and O–H groups in total. The molecule has 0 amide bonds. The highest BCUT2D eigenvalue weighted by Gasteiger charge is 2.03. The van der Waals surface area contributed by atoms with E-state index in [-0.39, 0.29) is 5.82 Å². The van der Waals surface area contributed by atoms with Crippen LogP contribution < -0.4 is 10.6 Å². The standard InChI is InChI=1S/C16H21FN4/c1-3-14-20-15(18-4-2)11-16(21-14)19-10-9-12-5-7-13(17)8-6-12/h5-8,11H,3-4,9-10H2,1-2H3,(H2,18,19,20,21). The molecule has 112 valence electrons. The third-order valence-electron chi connectivity index (χ3n) is 3.08. The summed E-state index contributed by atoms with van der Waals surface area (Å²) >= 11 is 0. The van der Waals surface area contributed by atoms with Gasteiger partial charge in [-0.05, 0) is 31.0 Å². The molecule has 0 aliphatic heterocycles. The lowest BCUT2D eigenvalue weighted by Gasteiger charge is -2.10. The summed E-state index contributed by atoms with van der Waals surface area (Å²) in [6, 6.07) is 8.49. The fourth-order valence-corrected chi connectivity index (χ4v) is 2.00. The Balaban J connectivity index is 1.95. The molecule has 2 rings (SSSR count). The minimum absolute atomic E-state index is 0.203. The van der Waals surface area contributed by atoms with Crippen LogP contribution >= 0.6 is 0 Å². The summed E-state index contributed by atoms with van der Waals surface area (Å²) in [5.74, 6) is 2.27. The summed E-state index contributed by atoms with van der Waals surface area (Å²) in [7, 11) is 0. The maximum Gasteiger partial charge on any atom is 0.132 e. The van der Waals surface area contributed by atoms with Crippen LogP contribution in [0.4, 0.5) is 16.0 Å². The van der Waals surface area contributed by atoms with E-state index in [4.69, 9.17) is 0 Å². The van der Waals surface area contributed by atoms with Crippen LogP contribution in [0.15, 0.2) is 30.3 Å². The number of benzene rings is 1.